The standard InChI is InChI=1S/C20H19BrN2O2/c1-14(2)13-25-19-8-6-15(7-9-19)10-16(12-22)20(24)23-18-5-3-4-17(21)11-18/h3-11,14H,13H2,1-2H3,(H,23,24)/b16-10-. The molecule has 4 nitrogen and oxygen atoms in total. The number of nitriles is 1. The molecule has 0 spiro atoms. The number of hydrogen-bond donors (Lipinski definition) is 1. The fraction of sp³-hybridized carbons (Fsp3) is 0.200. The van der Waals surface area contributed by atoms with Gasteiger partial charge in [0.1, 0.15) is 17.4 Å². The van der Waals surface area contributed by atoms with E-state index in [1.807, 2.05) is 42.5 Å². The first-order chi connectivity index (χ1) is 12.0. The van der Waals surface area contributed by atoms with E-state index in [2.05, 4.69) is 35.1 Å². The van der Waals surface area contributed by atoms with Gasteiger partial charge in [-0.25, -0.2) is 0 Å². The molecule has 0 atom stereocenters. The first-order valence-electron chi connectivity index (χ1n) is 7.89. The van der Waals surface area contributed by atoms with Crippen LogP contribution in [0.3, 0.4) is 0 Å². The van der Waals surface area contributed by atoms with Crippen molar-refractivity contribution in [3.63, 3.8) is 0 Å². The van der Waals surface area contributed by atoms with E-state index in [-0.39, 0.29) is 5.57 Å². The Balaban J connectivity index is 2.08. The van der Waals surface area contributed by atoms with Crippen molar-refractivity contribution in [2.45, 2.75) is 13.8 Å². The maximum atomic E-state index is 12.3. The zero-order chi connectivity index (χ0) is 18.2. The van der Waals surface area contributed by atoms with Crippen LogP contribution in [0.2, 0.25) is 0 Å². The van der Waals surface area contributed by atoms with E-state index in [4.69, 9.17) is 4.74 Å². The number of carbonyl (C=O) groups is 1. The molecule has 0 unspecified atom stereocenters. The van der Waals surface area contributed by atoms with Crippen molar-refractivity contribution in [3.05, 3.63) is 64.1 Å². The summed E-state index contributed by atoms with van der Waals surface area (Å²) in [5.74, 6) is 0.773. The number of hydrogen-bond acceptors (Lipinski definition) is 3. The largest absolute Gasteiger partial charge is 0.493 e. The van der Waals surface area contributed by atoms with Crippen molar-refractivity contribution < 1.29 is 9.53 Å². The zero-order valence-corrected chi connectivity index (χ0v) is 15.7. The number of nitrogens with one attached hydrogen (secondary N) is 1. The number of ether oxygens (including phenoxy) is 1. The molecule has 2 aromatic carbocycles. The minimum atomic E-state index is -0.444. The Bertz CT molecular complexity index is 805. The summed E-state index contributed by atoms with van der Waals surface area (Å²) >= 11 is 3.35. The third-order valence-corrected chi connectivity index (χ3v) is 3.72. The number of benzene rings is 2. The highest BCUT2D eigenvalue weighted by Crippen LogP contribution is 2.18. The summed E-state index contributed by atoms with van der Waals surface area (Å²) in [7, 11) is 0. The predicted octanol–water partition coefficient (Wildman–Crippen LogP) is 5.03. The van der Waals surface area contributed by atoms with Crippen LogP contribution in [-0.2, 0) is 4.79 Å². The van der Waals surface area contributed by atoms with Gasteiger partial charge in [0.05, 0.1) is 6.61 Å². The van der Waals surface area contributed by atoms with Crippen molar-refractivity contribution in [2.75, 3.05) is 11.9 Å². The van der Waals surface area contributed by atoms with E-state index < -0.39 is 5.91 Å². The Morgan fingerprint density at radius 3 is 2.60 bits per heavy atom. The van der Waals surface area contributed by atoms with Gasteiger partial charge in [-0.1, -0.05) is 48.0 Å². The predicted molar refractivity (Wildman–Crippen MR) is 103 cm³/mol. The third-order valence-electron chi connectivity index (χ3n) is 3.22. The van der Waals surface area contributed by atoms with Crippen molar-refractivity contribution >= 4 is 33.6 Å². The number of rotatable bonds is 6. The summed E-state index contributed by atoms with van der Waals surface area (Å²) in [5.41, 5.74) is 1.42. The molecule has 5 heteroatoms. The van der Waals surface area contributed by atoms with Gasteiger partial charge in [0.25, 0.3) is 5.91 Å². The molecule has 0 aliphatic carbocycles. The van der Waals surface area contributed by atoms with Crippen molar-refractivity contribution in [1.29, 1.82) is 5.26 Å². The normalized spacial score (nSPS) is 11.1. The molecule has 0 saturated heterocycles. The maximum Gasteiger partial charge on any atom is 0.266 e. The second-order valence-electron chi connectivity index (χ2n) is 5.91. The van der Waals surface area contributed by atoms with E-state index >= 15 is 0 Å². The van der Waals surface area contributed by atoms with Crippen molar-refractivity contribution in [2.24, 2.45) is 5.92 Å². The highest BCUT2D eigenvalue weighted by atomic mass is 79.9. The number of nitrogens with zero attached hydrogens (tertiary/aromatic N) is 1. The molecule has 2 aromatic rings. The number of anilines is 1. The minimum absolute atomic E-state index is 0.0378. The average Bonchev–Trinajstić information content (AvgIpc) is 2.58. The quantitative estimate of drug-likeness (QED) is 0.548. The van der Waals surface area contributed by atoms with Crippen LogP contribution >= 0.6 is 15.9 Å². The number of carbonyl (C=O) groups excluding carboxylic acids is 1. The summed E-state index contributed by atoms with van der Waals surface area (Å²) in [4.78, 5) is 12.3. The van der Waals surface area contributed by atoms with Crippen LogP contribution < -0.4 is 10.1 Å². The second-order valence-corrected chi connectivity index (χ2v) is 6.82. The molecular formula is C20H19BrN2O2. The second kappa shape index (κ2) is 9.05. The zero-order valence-electron chi connectivity index (χ0n) is 14.1. The molecule has 0 fully saturated rings. The van der Waals surface area contributed by atoms with E-state index in [1.165, 1.54) is 0 Å². The van der Waals surface area contributed by atoms with Crippen molar-refractivity contribution in [3.8, 4) is 11.8 Å². The fourth-order valence-corrected chi connectivity index (χ4v) is 2.40. The molecule has 1 N–H and O–H groups in total. The number of halogens is 1. The van der Waals surface area contributed by atoms with Gasteiger partial charge in [-0.15, -0.1) is 0 Å². The Kier molecular flexibility index (Phi) is 6.79. The van der Waals surface area contributed by atoms with Crippen LogP contribution in [0.5, 0.6) is 5.75 Å². The van der Waals surface area contributed by atoms with Crippen LogP contribution in [0.4, 0.5) is 5.69 Å². The highest BCUT2D eigenvalue weighted by molar-refractivity contribution is 9.10. The maximum absolute atomic E-state index is 12.3. The SMILES string of the molecule is CC(C)COc1ccc(/C=C(/C#N)C(=O)Nc2cccc(Br)c2)cc1. The summed E-state index contributed by atoms with van der Waals surface area (Å²) < 4.78 is 6.47. The van der Waals surface area contributed by atoms with E-state index in [0.29, 0.717) is 18.2 Å². The molecule has 0 aliphatic rings. The fourth-order valence-electron chi connectivity index (χ4n) is 2.00. The highest BCUT2D eigenvalue weighted by Gasteiger charge is 2.09. The Hall–Kier alpha value is -2.58. The molecule has 0 bridgehead atoms. The summed E-state index contributed by atoms with van der Waals surface area (Å²) in [6, 6.07) is 16.4. The number of amides is 1. The molecule has 1 amide bonds. The van der Waals surface area contributed by atoms with Crippen LogP contribution in [0.25, 0.3) is 6.08 Å². The molecule has 0 heterocycles. The molecule has 128 valence electrons. The van der Waals surface area contributed by atoms with E-state index in [9.17, 15) is 10.1 Å². The topological polar surface area (TPSA) is 62.1 Å². The first-order valence-corrected chi connectivity index (χ1v) is 8.69. The molecular weight excluding hydrogens is 380 g/mol. The molecule has 0 aromatic heterocycles. The first kappa shape index (κ1) is 18.8. The molecule has 25 heavy (non-hydrogen) atoms. The monoisotopic (exact) mass is 398 g/mol. The Morgan fingerprint density at radius 1 is 1.28 bits per heavy atom. The van der Waals surface area contributed by atoms with E-state index in [0.717, 1.165) is 15.8 Å². The lowest BCUT2D eigenvalue weighted by Crippen LogP contribution is -2.13. The lowest BCUT2D eigenvalue weighted by Gasteiger charge is -2.08. The Morgan fingerprint density at radius 2 is 2.00 bits per heavy atom. The molecule has 0 aliphatic heterocycles. The van der Waals surface area contributed by atoms with Gasteiger partial charge < -0.3 is 10.1 Å². The molecule has 0 radical (unpaired) electrons. The van der Waals surface area contributed by atoms with Gasteiger partial charge in [0.2, 0.25) is 0 Å². The third kappa shape index (κ3) is 6.09. The van der Waals surface area contributed by atoms with Crippen LogP contribution in [0.15, 0.2) is 58.6 Å². The van der Waals surface area contributed by atoms with Gasteiger partial charge in [-0.05, 0) is 47.9 Å². The average molecular weight is 399 g/mol. The van der Waals surface area contributed by atoms with Crippen molar-refractivity contribution in [1.82, 2.24) is 0 Å². The lowest BCUT2D eigenvalue weighted by molar-refractivity contribution is -0.112. The molecule has 2 rings (SSSR count). The minimum Gasteiger partial charge on any atom is -0.493 e. The van der Waals surface area contributed by atoms with Gasteiger partial charge in [-0.2, -0.15) is 5.26 Å². The summed E-state index contributed by atoms with van der Waals surface area (Å²) in [5, 5.41) is 12.0. The van der Waals surface area contributed by atoms with Gasteiger partial charge >= 0.3 is 0 Å². The van der Waals surface area contributed by atoms with E-state index in [1.54, 1.807) is 18.2 Å². The van der Waals surface area contributed by atoms with Gasteiger partial charge in [-0.3, -0.25) is 4.79 Å². The van der Waals surface area contributed by atoms with Gasteiger partial charge in [0.15, 0.2) is 0 Å². The molecule has 0 saturated carbocycles. The Labute approximate surface area is 156 Å². The van der Waals surface area contributed by atoms with Gasteiger partial charge in [0, 0.05) is 10.2 Å². The van der Waals surface area contributed by atoms with Crippen LogP contribution in [0, 0.1) is 17.2 Å². The van der Waals surface area contributed by atoms with Crippen LogP contribution in [-0.4, -0.2) is 12.5 Å². The summed E-state index contributed by atoms with van der Waals surface area (Å²) in [6.45, 7) is 4.81. The smallest absolute Gasteiger partial charge is 0.266 e. The summed E-state index contributed by atoms with van der Waals surface area (Å²) in [6.07, 6.45) is 1.56. The van der Waals surface area contributed by atoms with Crippen LogP contribution in [0.1, 0.15) is 19.4 Å². The lowest BCUT2D eigenvalue weighted by atomic mass is 10.1.